The number of fused-ring (bicyclic) bond motifs is 5. The van der Waals surface area contributed by atoms with E-state index in [2.05, 4.69) is 14.7 Å². The molecule has 0 radical (unpaired) electrons. The van der Waals surface area contributed by atoms with Crippen LogP contribution in [0.1, 0.15) is 70.6 Å². The fourth-order valence-electron chi connectivity index (χ4n) is 8.12. The second-order valence-electron chi connectivity index (χ2n) is 13.8. The minimum atomic E-state index is -0.271. The van der Waals surface area contributed by atoms with Crippen LogP contribution in [0, 0.1) is 11.8 Å². The molecule has 5 rings (SSSR count). The molecule has 3 saturated heterocycles. The molecule has 7 unspecified atom stereocenters. The minimum absolute atomic E-state index is 0.00497. The largest absolute Gasteiger partial charge is 0.465 e. The molecule has 11 nitrogen and oxygen atoms in total. The average Bonchev–Trinajstić information content (AvgIpc) is 3.31. The Morgan fingerprint density at radius 1 is 0.733 bits per heavy atom. The molecule has 5 fully saturated rings. The lowest BCUT2D eigenvalue weighted by atomic mass is 9.83. The Kier molecular flexibility index (Phi) is 14.2. The summed E-state index contributed by atoms with van der Waals surface area (Å²) in [5, 5.41) is 0. The maximum atomic E-state index is 13.5. The molecule has 0 aromatic rings. The van der Waals surface area contributed by atoms with Crippen molar-refractivity contribution in [2.75, 3.05) is 93.0 Å². The Morgan fingerprint density at radius 3 is 2.20 bits per heavy atom. The molecule has 258 valence electrons. The topological polar surface area (TPSA) is 99.2 Å². The summed E-state index contributed by atoms with van der Waals surface area (Å²) < 4.78 is 35.5. The molecule has 45 heavy (non-hydrogen) atoms. The summed E-state index contributed by atoms with van der Waals surface area (Å²) >= 11 is 0. The van der Waals surface area contributed by atoms with Crippen molar-refractivity contribution in [1.82, 2.24) is 14.7 Å². The molecule has 2 saturated carbocycles. The highest BCUT2D eigenvalue weighted by Crippen LogP contribution is 2.33. The molecular weight excluding hydrogens is 578 g/mol. The molecule has 0 spiro atoms. The summed E-state index contributed by atoms with van der Waals surface area (Å²) in [5.74, 6) is -0.453. The van der Waals surface area contributed by atoms with Gasteiger partial charge in [-0.25, -0.2) is 0 Å². The van der Waals surface area contributed by atoms with Crippen molar-refractivity contribution >= 4 is 11.9 Å². The fraction of sp³-hybridized carbons (Fsp3) is 0.941. The number of cyclic esters (lactones) is 1. The molecule has 0 amide bonds. The maximum absolute atomic E-state index is 13.5. The Hall–Kier alpha value is -1.34. The van der Waals surface area contributed by atoms with Gasteiger partial charge in [-0.3, -0.25) is 14.5 Å². The van der Waals surface area contributed by atoms with Gasteiger partial charge in [0, 0.05) is 66.1 Å². The van der Waals surface area contributed by atoms with Crippen molar-refractivity contribution in [2.45, 2.75) is 101 Å². The van der Waals surface area contributed by atoms with Gasteiger partial charge in [-0.15, -0.1) is 0 Å². The van der Waals surface area contributed by atoms with Crippen LogP contribution < -0.4 is 0 Å². The Morgan fingerprint density at radius 2 is 1.47 bits per heavy atom. The van der Waals surface area contributed by atoms with E-state index in [0.29, 0.717) is 32.1 Å². The number of hydrogen-bond acceptors (Lipinski definition) is 11. The van der Waals surface area contributed by atoms with E-state index < -0.39 is 0 Å². The average molecular weight is 638 g/mol. The van der Waals surface area contributed by atoms with Gasteiger partial charge >= 0.3 is 11.9 Å². The van der Waals surface area contributed by atoms with Crippen LogP contribution in [0.4, 0.5) is 0 Å². The van der Waals surface area contributed by atoms with Crippen LogP contribution in [-0.2, 0) is 38.0 Å². The quantitative estimate of drug-likeness (QED) is 0.416. The smallest absolute Gasteiger partial charge is 0.309 e. The van der Waals surface area contributed by atoms with Crippen molar-refractivity contribution in [3.63, 3.8) is 0 Å². The van der Waals surface area contributed by atoms with Crippen LogP contribution in [0.3, 0.4) is 0 Å². The third kappa shape index (κ3) is 10.3. The van der Waals surface area contributed by atoms with Crippen LogP contribution in [0.2, 0.25) is 0 Å². The SMILES string of the molecule is COC1CC2CC(OCCCC(OC(=O)C3CCC(N4CCOCC4)CC3)CCN3CCCN(CCCOC2=O)CC3)C1OC. The van der Waals surface area contributed by atoms with Gasteiger partial charge in [0.05, 0.1) is 43.9 Å². The first-order chi connectivity index (χ1) is 22.0. The number of hydrogen-bond donors (Lipinski definition) is 0. The number of esters is 2. The first-order valence-corrected chi connectivity index (χ1v) is 17.8. The Labute approximate surface area is 270 Å². The Bertz CT molecular complexity index is 897. The summed E-state index contributed by atoms with van der Waals surface area (Å²) in [6.07, 6.45) is 8.53. The van der Waals surface area contributed by atoms with Crippen molar-refractivity contribution in [3.05, 3.63) is 0 Å². The first-order valence-electron chi connectivity index (χ1n) is 17.8. The molecule has 5 aliphatic rings. The monoisotopic (exact) mass is 637 g/mol. The van der Waals surface area contributed by atoms with E-state index >= 15 is 0 Å². The van der Waals surface area contributed by atoms with Crippen molar-refractivity contribution in [1.29, 1.82) is 0 Å². The number of methoxy groups -OCH3 is 2. The highest BCUT2D eigenvalue weighted by atomic mass is 16.6. The van der Waals surface area contributed by atoms with Crippen LogP contribution in [0.15, 0.2) is 0 Å². The number of carbonyl (C=O) groups excluding carboxylic acids is 2. The molecular formula is C34H59N3O8. The van der Waals surface area contributed by atoms with Gasteiger partial charge in [0.15, 0.2) is 0 Å². The van der Waals surface area contributed by atoms with Gasteiger partial charge in [-0.05, 0) is 83.7 Å². The zero-order valence-electron chi connectivity index (χ0n) is 27.9. The third-order valence-electron chi connectivity index (χ3n) is 10.9. The van der Waals surface area contributed by atoms with Crippen molar-refractivity contribution in [2.24, 2.45) is 11.8 Å². The van der Waals surface area contributed by atoms with E-state index in [-0.39, 0.29) is 48.2 Å². The summed E-state index contributed by atoms with van der Waals surface area (Å²) in [7, 11) is 3.34. The maximum Gasteiger partial charge on any atom is 0.309 e. The molecule has 3 heterocycles. The Balaban J connectivity index is 1.19. The number of morpholine rings is 1. The third-order valence-corrected chi connectivity index (χ3v) is 10.9. The second kappa shape index (κ2) is 18.3. The molecule has 11 heteroatoms. The van der Waals surface area contributed by atoms with Crippen LogP contribution >= 0.6 is 0 Å². The molecule has 4 bridgehead atoms. The van der Waals surface area contributed by atoms with Gasteiger partial charge in [-0.1, -0.05) is 0 Å². The van der Waals surface area contributed by atoms with E-state index in [1.54, 1.807) is 14.2 Å². The fourth-order valence-corrected chi connectivity index (χ4v) is 8.12. The molecule has 0 N–H and O–H groups in total. The molecule has 0 aromatic carbocycles. The lowest BCUT2D eigenvalue weighted by Crippen LogP contribution is -2.49. The van der Waals surface area contributed by atoms with E-state index in [9.17, 15) is 9.59 Å². The molecule has 2 aliphatic carbocycles. The zero-order valence-corrected chi connectivity index (χ0v) is 27.9. The van der Waals surface area contributed by atoms with Crippen molar-refractivity contribution in [3.8, 4) is 0 Å². The van der Waals surface area contributed by atoms with E-state index in [1.165, 1.54) is 0 Å². The number of rotatable bonds is 5. The lowest BCUT2D eigenvalue weighted by Gasteiger charge is -2.39. The number of ether oxygens (including phenoxy) is 6. The van der Waals surface area contributed by atoms with E-state index in [4.69, 9.17) is 28.4 Å². The summed E-state index contributed by atoms with van der Waals surface area (Å²) in [4.78, 5) is 34.1. The van der Waals surface area contributed by atoms with Crippen LogP contribution in [0.25, 0.3) is 0 Å². The predicted molar refractivity (Wildman–Crippen MR) is 169 cm³/mol. The highest BCUT2D eigenvalue weighted by molar-refractivity contribution is 5.73. The van der Waals surface area contributed by atoms with Crippen molar-refractivity contribution < 1.29 is 38.0 Å². The van der Waals surface area contributed by atoms with E-state index in [0.717, 1.165) is 123 Å². The van der Waals surface area contributed by atoms with Gasteiger partial charge < -0.3 is 38.2 Å². The predicted octanol–water partition coefficient (Wildman–Crippen LogP) is 2.74. The van der Waals surface area contributed by atoms with Gasteiger partial charge in [0.1, 0.15) is 12.2 Å². The zero-order chi connectivity index (χ0) is 31.4. The van der Waals surface area contributed by atoms with Gasteiger partial charge in [-0.2, -0.15) is 0 Å². The molecule has 0 aromatic heterocycles. The molecule has 3 aliphatic heterocycles. The number of nitrogens with zero attached hydrogens (tertiary/aromatic N) is 3. The van der Waals surface area contributed by atoms with Gasteiger partial charge in [0.25, 0.3) is 0 Å². The lowest BCUT2D eigenvalue weighted by molar-refractivity contribution is -0.172. The highest BCUT2D eigenvalue weighted by Gasteiger charge is 2.42. The second-order valence-corrected chi connectivity index (χ2v) is 13.8. The van der Waals surface area contributed by atoms with Crippen LogP contribution in [0.5, 0.6) is 0 Å². The van der Waals surface area contributed by atoms with Gasteiger partial charge in [0.2, 0.25) is 0 Å². The minimum Gasteiger partial charge on any atom is -0.465 e. The summed E-state index contributed by atoms with van der Waals surface area (Å²) in [6.45, 7) is 10.6. The normalized spacial score (nSPS) is 38.6. The number of carbonyl (C=O) groups is 2. The molecule has 7 atom stereocenters. The summed E-state index contributed by atoms with van der Waals surface area (Å²) in [6, 6.07) is 0.563. The standard InChI is InChI=1S/C34H59N3O8/c1-40-30-24-27-25-31(32(30)41-2)43-20-3-6-29(11-15-36-13-4-12-35(16-17-36)14-5-21-44-33(27)38)45-34(39)26-7-9-28(10-8-26)37-18-22-42-23-19-37/h26-32H,3-25H2,1-2H3. The summed E-state index contributed by atoms with van der Waals surface area (Å²) in [5.41, 5.74) is 0. The first kappa shape index (κ1) is 35.0. The van der Waals surface area contributed by atoms with Crippen LogP contribution in [-0.4, -0.2) is 150 Å². The van der Waals surface area contributed by atoms with E-state index in [1.807, 2.05) is 0 Å².